The molecule has 2 aromatic rings. The van der Waals surface area contributed by atoms with Crippen molar-refractivity contribution < 1.29 is 14.3 Å². The van der Waals surface area contributed by atoms with Gasteiger partial charge in [-0.15, -0.1) is 5.10 Å². The van der Waals surface area contributed by atoms with E-state index in [1.807, 2.05) is 13.8 Å². The molecule has 8 heteroatoms. The first-order chi connectivity index (χ1) is 11.4. The molecule has 0 spiro atoms. The molecule has 1 aliphatic rings. The van der Waals surface area contributed by atoms with E-state index in [0.29, 0.717) is 22.2 Å². The van der Waals surface area contributed by atoms with Crippen LogP contribution in [0.3, 0.4) is 0 Å². The van der Waals surface area contributed by atoms with Gasteiger partial charge in [-0.3, -0.25) is 14.7 Å². The molecule has 3 rings (SSSR count). The number of ether oxygens (including phenoxy) is 1. The average Bonchev–Trinajstić information content (AvgIpc) is 3.02. The van der Waals surface area contributed by atoms with Gasteiger partial charge in [0.1, 0.15) is 11.6 Å². The van der Waals surface area contributed by atoms with Crippen LogP contribution in [0.1, 0.15) is 42.9 Å². The molecule has 7 nitrogen and oxygen atoms in total. The smallest absolute Gasteiger partial charge is 0.265 e. The minimum Gasteiger partial charge on any atom is -0.479 e. The van der Waals surface area contributed by atoms with Crippen LogP contribution in [0.25, 0.3) is 0 Å². The fourth-order valence-electron chi connectivity index (χ4n) is 2.18. The van der Waals surface area contributed by atoms with E-state index >= 15 is 0 Å². The van der Waals surface area contributed by atoms with Crippen LogP contribution in [0, 0.1) is 0 Å². The summed E-state index contributed by atoms with van der Waals surface area (Å²) in [4.78, 5) is 28.3. The van der Waals surface area contributed by atoms with Crippen LogP contribution in [0.15, 0.2) is 23.4 Å². The Kier molecular flexibility index (Phi) is 4.57. The molecule has 2 N–H and O–H groups in total. The molecule has 2 heterocycles. The van der Waals surface area contributed by atoms with Gasteiger partial charge < -0.3 is 10.1 Å². The number of aromatic amines is 1. The molecule has 0 radical (unpaired) electrons. The molecule has 1 aromatic carbocycles. The largest absolute Gasteiger partial charge is 0.479 e. The van der Waals surface area contributed by atoms with Crippen LogP contribution >= 0.6 is 11.8 Å². The summed E-state index contributed by atoms with van der Waals surface area (Å²) >= 11 is 1.28. The number of aromatic nitrogens is 3. The highest BCUT2D eigenvalue weighted by molar-refractivity contribution is 7.99. The van der Waals surface area contributed by atoms with Crippen LogP contribution < -0.4 is 10.1 Å². The summed E-state index contributed by atoms with van der Waals surface area (Å²) in [5.41, 5.74) is 1.04. The number of carbonyl (C=O) groups excluding carboxylic acids is 2. The Balaban J connectivity index is 1.67. The first-order valence-corrected chi connectivity index (χ1v) is 8.62. The predicted molar refractivity (Wildman–Crippen MR) is 90.7 cm³/mol. The summed E-state index contributed by atoms with van der Waals surface area (Å²) in [6, 6.07) is 5.04. The summed E-state index contributed by atoms with van der Waals surface area (Å²) in [5.74, 6) is 1.57. The number of carbonyl (C=O) groups is 2. The number of benzene rings is 1. The van der Waals surface area contributed by atoms with Crippen molar-refractivity contribution in [2.75, 3.05) is 11.1 Å². The van der Waals surface area contributed by atoms with Crippen LogP contribution in [0.4, 0.5) is 5.69 Å². The van der Waals surface area contributed by atoms with Crippen molar-refractivity contribution in [1.82, 2.24) is 15.2 Å². The van der Waals surface area contributed by atoms with E-state index in [1.165, 1.54) is 11.8 Å². The molecule has 0 fully saturated rings. The molecule has 0 saturated carbocycles. The van der Waals surface area contributed by atoms with Gasteiger partial charge in [0.25, 0.3) is 5.91 Å². The highest BCUT2D eigenvalue weighted by Gasteiger charge is 2.24. The van der Waals surface area contributed by atoms with E-state index in [-0.39, 0.29) is 23.4 Å². The van der Waals surface area contributed by atoms with E-state index in [1.54, 1.807) is 25.1 Å². The second-order valence-corrected chi connectivity index (χ2v) is 6.77. The highest BCUT2D eigenvalue weighted by atomic mass is 32.2. The number of H-pyrrole nitrogens is 1. The van der Waals surface area contributed by atoms with Crippen molar-refractivity contribution in [3.63, 3.8) is 0 Å². The lowest BCUT2D eigenvalue weighted by atomic mass is 10.1. The zero-order valence-electron chi connectivity index (χ0n) is 13.6. The molecule has 0 aliphatic carbocycles. The monoisotopic (exact) mass is 346 g/mol. The third kappa shape index (κ3) is 3.43. The summed E-state index contributed by atoms with van der Waals surface area (Å²) in [6.07, 6.45) is -0.532. The molecule has 1 aliphatic heterocycles. The fourth-order valence-corrected chi connectivity index (χ4v) is 2.88. The number of amides is 1. The number of Topliss-reactive ketones (excluding diaryl/α,β-unsaturated/α-hetero) is 1. The van der Waals surface area contributed by atoms with Crippen LogP contribution in [0.5, 0.6) is 5.75 Å². The number of ketones is 1. The Morgan fingerprint density at radius 1 is 1.42 bits per heavy atom. The van der Waals surface area contributed by atoms with Gasteiger partial charge in [0.05, 0.1) is 11.4 Å². The highest BCUT2D eigenvalue weighted by Crippen LogP contribution is 2.31. The first-order valence-electron chi connectivity index (χ1n) is 7.64. The lowest BCUT2D eigenvalue weighted by Crippen LogP contribution is -2.34. The van der Waals surface area contributed by atoms with Crippen LogP contribution in [0.2, 0.25) is 0 Å². The van der Waals surface area contributed by atoms with Gasteiger partial charge in [0.2, 0.25) is 5.16 Å². The molecule has 1 atom stereocenters. The molecule has 126 valence electrons. The SMILES string of the molecule is CC1Oc2ccc(C(=O)CSc3n[nH]c(C(C)C)n3)cc2NC1=O. The molecule has 1 amide bonds. The van der Waals surface area contributed by atoms with Gasteiger partial charge in [0, 0.05) is 11.5 Å². The molecular weight excluding hydrogens is 328 g/mol. The summed E-state index contributed by atoms with van der Waals surface area (Å²) in [7, 11) is 0. The quantitative estimate of drug-likeness (QED) is 0.638. The Hall–Kier alpha value is -2.35. The van der Waals surface area contributed by atoms with Crippen molar-refractivity contribution in [3.8, 4) is 5.75 Å². The first kappa shape index (κ1) is 16.5. The lowest BCUT2D eigenvalue weighted by molar-refractivity contribution is -0.122. The third-order valence-electron chi connectivity index (χ3n) is 3.59. The van der Waals surface area contributed by atoms with E-state index in [4.69, 9.17) is 4.74 Å². The van der Waals surface area contributed by atoms with Gasteiger partial charge in [-0.05, 0) is 25.1 Å². The van der Waals surface area contributed by atoms with E-state index in [0.717, 1.165) is 5.82 Å². The molecule has 24 heavy (non-hydrogen) atoms. The number of nitrogens with one attached hydrogen (secondary N) is 2. The van der Waals surface area contributed by atoms with E-state index in [2.05, 4.69) is 20.5 Å². The van der Waals surface area contributed by atoms with Crippen LogP contribution in [-0.2, 0) is 4.79 Å². The van der Waals surface area contributed by atoms with Gasteiger partial charge in [0.15, 0.2) is 11.9 Å². The van der Waals surface area contributed by atoms with Crippen molar-refractivity contribution in [2.24, 2.45) is 0 Å². The zero-order valence-corrected chi connectivity index (χ0v) is 14.4. The molecule has 0 saturated heterocycles. The average molecular weight is 346 g/mol. The summed E-state index contributed by atoms with van der Waals surface area (Å²) < 4.78 is 5.48. The van der Waals surface area contributed by atoms with Crippen molar-refractivity contribution >= 4 is 29.1 Å². The second kappa shape index (κ2) is 6.64. The second-order valence-electron chi connectivity index (χ2n) is 5.83. The minimum absolute atomic E-state index is 0.0634. The van der Waals surface area contributed by atoms with Gasteiger partial charge in [-0.25, -0.2) is 4.98 Å². The van der Waals surface area contributed by atoms with Gasteiger partial charge in [-0.1, -0.05) is 25.6 Å². The topological polar surface area (TPSA) is 97.0 Å². The summed E-state index contributed by atoms with van der Waals surface area (Å²) in [5, 5.41) is 10.2. The van der Waals surface area contributed by atoms with E-state index < -0.39 is 6.10 Å². The number of hydrogen-bond acceptors (Lipinski definition) is 6. The number of fused-ring (bicyclic) bond motifs is 1. The van der Waals surface area contributed by atoms with E-state index in [9.17, 15) is 9.59 Å². The number of thioether (sulfide) groups is 1. The number of rotatable bonds is 5. The third-order valence-corrected chi connectivity index (χ3v) is 4.44. The van der Waals surface area contributed by atoms with Crippen molar-refractivity contribution in [2.45, 2.75) is 37.9 Å². The Bertz CT molecular complexity index is 787. The van der Waals surface area contributed by atoms with Gasteiger partial charge in [-0.2, -0.15) is 0 Å². The Morgan fingerprint density at radius 2 is 2.21 bits per heavy atom. The maximum absolute atomic E-state index is 12.4. The standard InChI is InChI=1S/C16H18N4O3S/c1-8(2)14-18-16(20-19-14)24-7-12(21)10-4-5-13-11(6-10)17-15(22)9(3)23-13/h4-6,8-9H,7H2,1-3H3,(H,17,22)(H,18,19,20). The molecule has 0 bridgehead atoms. The number of anilines is 1. The zero-order chi connectivity index (χ0) is 17.3. The van der Waals surface area contributed by atoms with Crippen molar-refractivity contribution in [3.05, 3.63) is 29.6 Å². The predicted octanol–water partition coefficient (Wildman–Crippen LogP) is 2.62. The molecule has 1 unspecified atom stereocenters. The van der Waals surface area contributed by atoms with Gasteiger partial charge >= 0.3 is 0 Å². The number of hydrogen-bond donors (Lipinski definition) is 2. The van der Waals surface area contributed by atoms with Crippen molar-refractivity contribution in [1.29, 1.82) is 0 Å². The Labute approximate surface area is 143 Å². The van der Waals surface area contributed by atoms with Crippen LogP contribution in [-0.4, -0.2) is 38.7 Å². The summed E-state index contributed by atoms with van der Waals surface area (Å²) in [6.45, 7) is 5.71. The maximum Gasteiger partial charge on any atom is 0.265 e. The minimum atomic E-state index is -0.532. The normalized spacial score (nSPS) is 16.5. The fraction of sp³-hybridized carbons (Fsp3) is 0.375. The molecular formula is C16H18N4O3S. The maximum atomic E-state index is 12.4. The number of nitrogens with zero attached hydrogens (tertiary/aromatic N) is 2. The Morgan fingerprint density at radius 3 is 2.92 bits per heavy atom. The molecule has 1 aromatic heterocycles. The lowest BCUT2D eigenvalue weighted by Gasteiger charge is -2.23.